The van der Waals surface area contributed by atoms with E-state index in [1.807, 2.05) is 11.8 Å². The van der Waals surface area contributed by atoms with Crippen molar-refractivity contribution in [1.29, 1.82) is 0 Å². The summed E-state index contributed by atoms with van der Waals surface area (Å²) in [6.07, 6.45) is 8.55. The maximum atomic E-state index is 2.49. The molecule has 4 aliphatic carbocycles. The normalized spacial score (nSPS) is 21.9. The van der Waals surface area contributed by atoms with Crippen LogP contribution in [0.2, 0.25) is 0 Å². The molecule has 2 nitrogen and oxygen atoms in total. The molecule has 0 spiro atoms. The molecule has 4 fully saturated rings. The summed E-state index contributed by atoms with van der Waals surface area (Å²) in [7, 11) is 0. The molecule has 0 unspecified atom stereocenters. The van der Waals surface area contributed by atoms with E-state index in [9.17, 15) is 0 Å². The lowest BCUT2D eigenvalue weighted by Crippen LogP contribution is -2.48. The van der Waals surface area contributed by atoms with Gasteiger partial charge in [0.1, 0.15) is 0 Å². The summed E-state index contributed by atoms with van der Waals surface area (Å²) in [5.74, 6) is 2.79. The zero-order chi connectivity index (χ0) is 36.3. The Morgan fingerprint density at radius 3 is 1.56 bits per heavy atom. The first-order chi connectivity index (χ1) is 27.2. The van der Waals surface area contributed by atoms with Crippen molar-refractivity contribution in [2.24, 2.45) is 17.8 Å². The number of anilines is 6. The summed E-state index contributed by atoms with van der Waals surface area (Å²) in [5, 5.41) is 0. The maximum Gasteiger partial charge on any atom is 0.0601 e. The van der Waals surface area contributed by atoms with Crippen LogP contribution < -0.4 is 9.80 Å². The van der Waals surface area contributed by atoms with Crippen LogP contribution in [0.15, 0.2) is 186 Å². The van der Waals surface area contributed by atoms with Gasteiger partial charge in [0.05, 0.1) is 17.1 Å². The summed E-state index contributed by atoms with van der Waals surface area (Å²) < 4.78 is 0. The molecule has 7 aromatic carbocycles. The van der Waals surface area contributed by atoms with Gasteiger partial charge >= 0.3 is 0 Å². The van der Waals surface area contributed by atoms with E-state index in [2.05, 4.69) is 186 Å². The SMILES string of the molecule is c1ccc(-c2ccc(-c3ccccc3N(c3ccc(N4c5ccccc5Sc5ccccc54)cc3)c3ccc(C45CC6CC(CC(C6)C4)C5)cc3)cc2)cc1. The Morgan fingerprint density at radius 2 is 0.945 bits per heavy atom. The van der Waals surface area contributed by atoms with Crippen molar-refractivity contribution in [3.05, 3.63) is 181 Å². The van der Waals surface area contributed by atoms with Gasteiger partial charge in [0.15, 0.2) is 0 Å². The number of fused-ring (bicyclic) bond motifs is 2. The lowest BCUT2D eigenvalue weighted by Gasteiger charge is -2.57. The summed E-state index contributed by atoms with van der Waals surface area (Å²) in [6, 6.07) is 65.2. The lowest BCUT2D eigenvalue weighted by atomic mass is 9.48. The van der Waals surface area contributed by atoms with Crippen LogP contribution in [0, 0.1) is 17.8 Å². The fourth-order valence-corrected chi connectivity index (χ4v) is 12.0. The first-order valence-electron chi connectivity index (χ1n) is 20.1. The molecule has 5 aliphatic rings. The van der Waals surface area contributed by atoms with Crippen LogP contribution in [0.4, 0.5) is 34.1 Å². The molecule has 1 aliphatic heterocycles. The Kier molecular flexibility index (Phi) is 7.98. The van der Waals surface area contributed by atoms with Crippen molar-refractivity contribution in [3.8, 4) is 22.3 Å². The first-order valence-corrected chi connectivity index (χ1v) is 20.9. The van der Waals surface area contributed by atoms with Crippen LogP contribution in [0.3, 0.4) is 0 Å². The van der Waals surface area contributed by atoms with Crippen LogP contribution in [0.1, 0.15) is 44.1 Å². The average molecular weight is 729 g/mol. The van der Waals surface area contributed by atoms with Crippen molar-refractivity contribution >= 4 is 45.9 Å². The summed E-state index contributed by atoms with van der Waals surface area (Å²) in [4.78, 5) is 7.44. The molecule has 0 aromatic heterocycles. The van der Waals surface area contributed by atoms with Gasteiger partial charge in [0.2, 0.25) is 0 Å². The van der Waals surface area contributed by atoms with E-state index in [1.165, 1.54) is 93.3 Å². The highest BCUT2D eigenvalue weighted by molar-refractivity contribution is 7.99. The Balaban J connectivity index is 1.00. The molecule has 7 aromatic rings. The molecule has 268 valence electrons. The standard InChI is InChI=1S/C52H44N2S/c1-2-10-39(11-3-1)40-18-20-41(21-19-40)46-12-4-5-13-47(46)53(43-24-22-42(23-25-43)52-33-36-30-37(34-52)32-38(31-36)35-52)44-26-28-45(29-27-44)54-48-14-6-8-16-50(48)55-51-17-9-7-15-49(51)54/h1-29,36-38H,30-35H2. The Hall–Kier alpha value is -5.51. The molecule has 0 saturated heterocycles. The van der Waals surface area contributed by atoms with E-state index < -0.39 is 0 Å². The van der Waals surface area contributed by atoms with Crippen LogP contribution in [0.5, 0.6) is 0 Å². The fourth-order valence-electron chi connectivity index (χ4n) is 11.0. The minimum atomic E-state index is 0.372. The van der Waals surface area contributed by atoms with E-state index in [0.29, 0.717) is 5.41 Å². The van der Waals surface area contributed by atoms with E-state index >= 15 is 0 Å². The predicted octanol–water partition coefficient (Wildman–Crippen LogP) is 14.9. The van der Waals surface area contributed by atoms with Gasteiger partial charge in [-0.1, -0.05) is 121 Å². The molecular formula is C52H44N2S. The topological polar surface area (TPSA) is 6.48 Å². The van der Waals surface area contributed by atoms with E-state index in [0.717, 1.165) is 29.1 Å². The van der Waals surface area contributed by atoms with Crippen molar-refractivity contribution in [3.63, 3.8) is 0 Å². The molecule has 0 radical (unpaired) electrons. The lowest BCUT2D eigenvalue weighted by molar-refractivity contribution is -0.00518. The van der Waals surface area contributed by atoms with E-state index in [1.54, 1.807) is 5.56 Å². The van der Waals surface area contributed by atoms with E-state index in [4.69, 9.17) is 0 Å². The quantitative estimate of drug-likeness (QED) is 0.161. The molecule has 0 N–H and O–H groups in total. The van der Waals surface area contributed by atoms with Gasteiger partial charge in [0.25, 0.3) is 0 Å². The third-order valence-electron chi connectivity index (χ3n) is 13.0. The van der Waals surface area contributed by atoms with Gasteiger partial charge < -0.3 is 9.80 Å². The van der Waals surface area contributed by atoms with Gasteiger partial charge in [-0.05, 0) is 151 Å². The van der Waals surface area contributed by atoms with Crippen LogP contribution in [-0.4, -0.2) is 0 Å². The highest BCUT2D eigenvalue weighted by atomic mass is 32.2. The number of hydrogen-bond donors (Lipinski definition) is 0. The maximum absolute atomic E-state index is 2.49. The van der Waals surface area contributed by atoms with Crippen molar-refractivity contribution in [1.82, 2.24) is 0 Å². The second-order valence-electron chi connectivity index (χ2n) is 16.4. The van der Waals surface area contributed by atoms with Crippen molar-refractivity contribution < 1.29 is 0 Å². The molecule has 0 amide bonds. The monoisotopic (exact) mass is 728 g/mol. The summed E-state index contributed by atoms with van der Waals surface area (Å²) in [5.41, 5.74) is 13.9. The molecule has 0 atom stereocenters. The largest absolute Gasteiger partial charge is 0.310 e. The van der Waals surface area contributed by atoms with E-state index in [-0.39, 0.29) is 0 Å². The number of benzene rings is 7. The van der Waals surface area contributed by atoms with Crippen molar-refractivity contribution in [2.75, 3.05) is 9.80 Å². The van der Waals surface area contributed by atoms with Crippen molar-refractivity contribution in [2.45, 2.75) is 53.7 Å². The zero-order valence-electron chi connectivity index (χ0n) is 31.0. The molecule has 55 heavy (non-hydrogen) atoms. The first kappa shape index (κ1) is 32.9. The van der Waals surface area contributed by atoms with Crippen LogP contribution in [-0.2, 0) is 5.41 Å². The zero-order valence-corrected chi connectivity index (χ0v) is 31.8. The average Bonchev–Trinajstić information content (AvgIpc) is 3.23. The Labute approximate surface area is 329 Å². The molecule has 3 heteroatoms. The highest BCUT2D eigenvalue weighted by Crippen LogP contribution is 2.61. The molecular weight excluding hydrogens is 685 g/mol. The second-order valence-corrected chi connectivity index (χ2v) is 17.5. The minimum Gasteiger partial charge on any atom is -0.310 e. The Bertz CT molecular complexity index is 2410. The molecule has 4 saturated carbocycles. The minimum absolute atomic E-state index is 0.372. The third kappa shape index (κ3) is 5.79. The molecule has 4 bridgehead atoms. The molecule has 1 heterocycles. The van der Waals surface area contributed by atoms with Crippen LogP contribution in [0.25, 0.3) is 22.3 Å². The second kappa shape index (κ2) is 13.4. The Morgan fingerprint density at radius 1 is 0.455 bits per heavy atom. The molecule has 12 rings (SSSR count). The third-order valence-corrected chi connectivity index (χ3v) is 14.2. The number of para-hydroxylation sites is 3. The van der Waals surface area contributed by atoms with Gasteiger partial charge in [-0.15, -0.1) is 0 Å². The number of nitrogens with zero attached hydrogens (tertiary/aromatic N) is 2. The van der Waals surface area contributed by atoms with Gasteiger partial charge in [0, 0.05) is 32.4 Å². The number of hydrogen-bond acceptors (Lipinski definition) is 3. The van der Waals surface area contributed by atoms with Gasteiger partial charge in [-0.25, -0.2) is 0 Å². The van der Waals surface area contributed by atoms with Gasteiger partial charge in [-0.3, -0.25) is 0 Å². The number of rotatable bonds is 7. The van der Waals surface area contributed by atoms with Gasteiger partial charge in [-0.2, -0.15) is 0 Å². The highest BCUT2D eigenvalue weighted by Gasteiger charge is 2.51. The summed E-state index contributed by atoms with van der Waals surface area (Å²) in [6.45, 7) is 0. The predicted molar refractivity (Wildman–Crippen MR) is 231 cm³/mol. The smallest absolute Gasteiger partial charge is 0.0601 e. The fraction of sp³-hybridized carbons (Fsp3) is 0.192. The summed E-state index contributed by atoms with van der Waals surface area (Å²) >= 11 is 1.85. The van der Waals surface area contributed by atoms with Crippen LogP contribution >= 0.6 is 11.8 Å².